The average molecular weight is 286 g/mol. The van der Waals surface area contributed by atoms with Crippen LogP contribution in [0.1, 0.15) is 18.7 Å². The largest absolute Gasteiger partial charge is 0.480 e. The van der Waals surface area contributed by atoms with E-state index in [2.05, 4.69) is 5.32 Å². The first kappa shape index (κ1) is 15.5. The number of amides is 2. The van der Waals surface area contributed by atoms with Gasteiger partial charge in [-0.2, -0.15) is 0 Å². The SMILES string of the molecule is CC(C)N(Cc1cccs1)C(=O)N[C@@H](CO)C(=O)O. The van der Waals surface area contributed by atoms with E-state index in [1.54, 1.807) is 0 Å². The molecular weight excluding hydrogens is 268 g/mol. The van der Waals surface area contributed by atoms with Crippen molar-refractivity contribution in [2.45, 2.75) is 32.5 Å². The van der Waals surface area contributed by atoms with E-state index in [9.17, 15) is 9.59 Å². The van der Waals surface area contributed by atoms with Crippen molar-refractivity contribution in [2.24, 2.45) is 0 Å². The third kappa shape index (κ3) is 4.53. The molecule has 0 aliphatic carbocycles. The molecule has 0 spiro atoms. The zero-order valence-electron chi connectivity index (χ0n) is 10.9. The van der Waals surface area contributed by atoms with Crippen LogP contribution in [0.2, 0.25) is 0 Å². The fourth-order valence-electron chi connectivity index (χ4n) is 1.48. The Kier molecular flexibility index (Phi) is 5.78. The number of hydrogen-bond donors (Lipinski definition) is 3. The van der Waals surface area contributed by atoms with Gasteiger partial charge in [-0.25, -0.2) is 9.59 Å². The van der Waals surface area contributed by atoms with Crippen LogP contribution in [-0.2, 0) is 11.3 Å². The minimum absolute atomic E-state index is 0.0739. The number of aliphatic hydroxyl groups is 1. The van der Waals surface area contributed by atoms with Crippen molar-refractivity contribution in [3.8, 4) is 0 Å². The van der Waals surface area contributed by atoms with E-state index < -0.39 is 24.6 Å². The second-order valence-corrected chi connectivity index (χ2v) is 5.36. The van der Waals surface area contributed by atoms with Crippen LogP contribution < -0.4 is 5.32 Å². The summed E-state index contributed by atoms with van der Waals surface area (Å²) >= 11 is 1.53. The van der Waals surface area contributed by atoms with Crippen molar-refractivity contribution in [1.29, 1.82) is 0 Å². The van der Waals surface area contributed by atoms with Crippen LogP contribution in [0.3, 0.4) is 0 Å². The van der Waals surface area contributed by atoms with Crippen LogP contribution in [0, 0.1) is 0 Å². The van der Waals surface area contributed by atoms with Gasteiger partial charge in [-0.05, 0) is 25.3 Å². The average Bonchev–Trinajstić information content (AvgIpc) is 2.84. The summed E-state index contributed by atoms with van der Waals surface area (Å²) < 4.78 is 0. The molecule has 3 N–H and O–H groups in total. The van der Waals surface area contributed by atoms with Crippen molar-refractivity contribution in [1.82, 2.24) is 10.2 Å². The zero-order chi connectivity index (χ0) is 14.4. The van der Waals surface area contributed by atoms with E-state index in [4.69, 9.17) is 10.2 Å². The number of carbonyl (C=O) groups is 2. The Hall–Kier alpha value is -1.60. The molecule has 0 fully saturated rings. The molecule has 0 saturated carbocycles. The van der Waals surface area contributed by atoms with E-state index in [1.165, 1.54) is 16.2 Å². The highest BCUT2D eigenvalue weighted by molar-refractivity contribution is 7.09. The highest BCUT2D eigenvalue weighted by atomic mass is 32.1. The smallest absolute Gasteiger partial charge is 0.328 e. The molecule has 1 atom stereocenters. The molecule has 2 amide bonds. The summed E-state index contributed by atoms with van der Waals surface area (Å²) in [6.07, 6.45) is 0. The molecule has 19 heavy (non-hydrogen) atoms. The van der Waals surface area contributed by atoms with Gasteiger partial charge in [0.15, 0.2) is 6.04 Å². The number of nitrogens with zero attached hydrogens (tertiary/aromatic N) is 1. The molecule has 1 aromatic heterocycles. The fourth-order valence-corrected chi connectivity index (χ4v) is 2.18. The van der Waals surface area contributed by atoms with Crippen molar-refractivity contribution >= 4 is 23.3 Å². The Morgan fingerprint density at radius 1 is 1.47 bits per heavy atom. The molecular formula is C12H18N2O4S. The summed E-state index contributed by atoms with van der Waals surface area (Å²) in [4.78, 5) is 25.4. The number of thiophene rings is 1. The maximum atomic E-state index is 12.0. The van der Waals surface area contributed by atoms with Crippen molar-refractivity contribution < 1.29 is 19.8 Å². The predicted octanol–water partition coefficient (Wildman–Crippen LogP) is 1.11. The second kappa shape index (κ2) is 7.10. The summed E-state index contributed by atoms with van der Waals surface area (Å²) in [5.74, 6) is -1.25. The third-order valence-corrected chi connectivity index (χ3v) is 3.43. The number of carboxylic acid groups (broad SMARTS) is 1. The standard InChI is InChI=1S/C12H18N2O4S/c1-8(2)14(6-9-4-3-5-19-9)12(18)13-10(7-15)11(16)17/h3-5,8,10,15H,6-7H2,1-2H3,(H,13,18)(H,16,17)/t10-/m0/s1. The number of aliphatic carboxylic acids is 1. The van der Waals surface area contributed by atoms with Crippen LogP contribution in [0.4, 0.5) is 4.79 Å². The van der Waals surface area contributed by atoms with Crippen LogP contribution in [0.25, 0.3) is 0 Å². The second-order valence-electron chi connectivity index (χ2n) is 4.32. The van der Waals surface area contributed by atoms with E-state index in [-0.39, 0.29) is 6.04 Å². The highest BCUT2D eigenvalue weighted by Gasteiger charge is 2.24. The number of carboxylic acids is 1. The van der Waals surface area contributed by atoms with Crippen molar-refractivity contribution in [3.05, 3.63) is 22.4 Å². The summed E-state index contributed by atoms with van der Waals surface area (Å²) in [5, 5.41) is 21.9. The van der Waals surface area contributed by atoms with E-state index in [0.29, 0.717) is 6.54 Å². The lowest BCUT2D eigenvalue weighted by molar-refractivity contribution is -0.140. The fraction of sp³-hybridized carbons (Fsp3) is 0.500. The van der Waals surface area contributed by atoms with Crippen LogP contribution >= 0.6 is 11.3 Å². The Labute approximate surface area is 115 Å². The van der Waals surface area contributed by atoms with Gasteiger partial charge in [0.05, 0.1) is 13.2 Å². The molecule has 0 radical (unpaired) electrons. The number of aliphatic hydroxyl groups excluding tert-OH is 1. The van der Waals surface area contributed by atoms with Crippen LogP contribution in [0.15, 0.2) is 17.5 Å². The number of nitrogens with one attached hydrogen (secondary N) is 1. The lowest BCUT2D eigenvalue weighted by atomic mass is 10.3. The van der Waals surface area contributed by atoms with Gasteiger partial charge in [0.25, 0.3) is 0 Å². The van der Waals surface area contributed by atoms with Gasteiger partial charge < -0.3 is 20.4 Å². The number of urea groups is 1. The number of carbonyl (C=O) groups excluding carboxylic acids is 1. The lowest BCUT2D eigenvalue weighted by Crippen LogP contribution is -2.51. The molecule has 106 valence electrons. The van der Waals surface area contributed by atoms with Gasteiger partial charge >= 0.3 is 12.0 Å². The number of hydrogen-bond acceptors (Lipinski definition) is 4. The summed E-state index contributed by atoms with van der Waals surface area (Å²) in [6.45, 7) is 3.48. The van der Waals surface area contributed by atoms with Gasteiger partial charge in [-0.3, -0.25) is 0 Å². The Balaban J connectivity index is 2.70. The van der Waals surface area contributed by atoms with Crippen LogP contribution in [0.5, 0.6) is 0 Å². The Morgan fingerprint density at radius 3 is 2.58 bits per heavy atom. The first-order chi connectivity index (χ1) is 8.95. The maximum Gasteiger partial charge on any atom is 0.328 e. The molecule has 0 aliphatic heterocycles. The van der Waals surface area contributed by atoms with Gasteiger partial charge in [0, 0.05) is 10.9 Å². The summed E-state index contributed by atoms with van der Waals surface area (Å²) in [6, 6.07) is 1.95. The molecule has 0 bridgehead atoms. The first-order valence-electron chi connectivity index (χ1n) is 5.89. The normalized spacial score (nSPS) is 12.2. The molecule has 1 aromatic rings. The molecule has 0 saturated heterocycles. The van der Waals surface area contributed by atoms with Crippen molar-refractivity contribution in [2.75, 3.05) is 6.61 Å². The molecule has 1 rings (SSSR count). The summed E-state index contributed by atoms with van der Waals surface area (Å²) in [7, 11) is 0. The zero-order valence-corrected chi connectivity index (χ0v) is 11.7. The summed E-state index contributed by atoms with van der Waals surface area (Å²) in [5.41, 5.74) is 0. The van der Waals surface area contributed by atoms with Gasteiger partial charge in [0.2, 0.25) is 0 Å². The van der Waals surface area contributed by atoms with E-state index in [0.717, 1.165) is 4.88 Å². The molecule has 0 aromatic carbocycles. The van der Waals surface area contributed by atoms with Crippen LogP contribution in [-0.4, -0.2) is 45.8 Å². The van der Waals surface area contributed by atoms with Gasteiger partial charge in [-0.15, -0.1) is 11.3 Å². The predicted molar refractivity (Wildman–Crippen MR) is 72.0 cm³/mol. The topological polar surface area (TPSA) is 89.9 Å². The Morgan fingerprint density at radius 2 is 2.16 bits per heavy atom. The molecule has 0 aliphatic rings. The first-order valence-corrected chi connectivity index (χ1v) is 6.76. The minimum atomic E-state index is -1.28. The monoisotopic (exact) mass is 286 g/mol. The molecule has 7 heteroatoms. The molecule has 0 unspecified atom stereocenters. The lowest BCUT2D eigenvalue weighted by Gasteiger charge is -2.27. The van der Waals surface area contributed by atoms with E-state index in [1.807, 2.05) is 31.4 Å². The maximum absolute atomic E-state index is 12.0. The molecule has 6 nitrogen and oxygen atoms in total. The molecule has 1 heterocycles. The minimum Gasteiger partial charge on any atom is -0.480 e. The van der Waals surface area contributed by atoms with Crippen molar-refractivity contribution in [3.63, 3.8) is 0 Å². The van der Waals surface area contributed by atoms with Gasteiger partial charge in [-0.1, -0.05) is 6.07 Å². The van der Waals surface area contributed by atoms with E-state index >= 15 is 0 Å². The highest BCUT2D eigenvalue weighted by Crippen LogP contribution is 2.14. The van der Waals surface area contributed by atoms with Gasteiger partial charge in [0.1, 0.15) is 0 Å². The quantitative estimate of drug-likeness (QED) is 0.731. The number of rotatable bonds is 6. The Bertz CT molecular complexity index is 419. The third-order valence-electron chi connectivity index (χ3n) is 2.57.